The predicted octanol–water partition coefficient (Wildman–Crippen LogP) is 1.85. The van der Waals surface area contributed by atoms with Gasteiger partial charge in [0.05, 0.1) is 0 Å². The molecule has 0 radical (unpaired) electrons. The van der Waals surface area contributed by atoms with Crippen LogP contribution >= 0.6 is 11.8 Å². The lowest BCUT2D eigenvalue weighted by atomic mass is 10.1. The first-order valence-electron chi connectivity index (χ1n) is 6.34. The van der Waals surface area contributed by atoms with Gasteiger partial charge in [-0.1, -0.05) is 6.92 Å². The zero-order valence-electron chi connectivity index (χ0n) is 10.6. The number of carbonyl (C=O) groups excluding carboxylic acids is 1. The smallest absolute Gasteiger partial charge is 0.251 e. The number of hydrogen-bond acceptors (Lipinski definition) is 4. The van der Waals surface area contributed by atoms with E-state index >= 15 is 0 Å². The summed E-state index contributed by atoms with van der Waals surface area (Å²) in [4.78, 5) is 16.3. The van der Waals surface area contributed by atoms with E-state index in [2.05, 4.69) is 10.3 Å². The molecule has 0 spiro atoms. The average Bonchev–Trinajstić information content (AvgIpc) is 2.39. The van der Waals surface area contributed by atoms with Gasteiger partial charge in [-0.2, -0.15) is 11.8 Å². The molecule has 2 rings (SSSR count). The van der Waals surface area contributed by atoms with Crippen LogP contribution in [0.4, 0.5) is 5.82 Å². The van der Waals surface area contributed by atoms with E-state index in [1.165, 1.54) is 0 Å². The minimum Gasteiger partial charge on any atom is -0.384 e. The number of thioether (sulfide) groups is 1. The van der Waals surface area contributed by atoms with Gasteiger partial charge in [0, 0.05) is 17.3 Å². The summed E-state index contributed by atoms with van der Waals surface area (Å²) in [5.74, 6) is 2.64. The molecule has 2 heterocycles. The summed E-state index contributed by atoms with van der Waals surface area (Å²) in [6.07, 6.45) is 2.89. The Morgan fingerprint density at radius 1 is 1.50 bits per heavy atom. The van der Waals surface area contributed by atoms with E-state index in [9.17, 15) is 4.79 Å². The molecule has 1 aliphatic heterocycles. The van der Waals surface area contributed by atoms with Gasteiger partial charge in [0.25, 0.3) is 5.91 Å². The number of aryl methyl sites for hydroxylation is 1. The van der Waals surface area contributed by atoms with Crippen LogP contribution in [0.5, 0.6) is 0 Å². The third-order valence-electron chi connectivity index (χ3n) is 3.08. The van der Waals surface area contributed by atoms with Crippen LogP contribution in [0.3, 0.4) is 0 Å². The van der Waals surface area contributed by atoms with Crippen molar-refractivity contribution in [3.63, 3.8) is 0 Å². The van der Waals surface area contributed by atoms with Gasteiger partial charge >= 0.3 is 0 Å². The third-order valence-corrected chi connectivity index (χ3v) is 4.13. The molecule has 4 nitrogen and oxygen atoms in total. The summed E-state index contributed by atoms with van der Waals surface area (Å²) >= 11 is 1.95. The number of nitrogens with two attached hydrogens (primary N) is 1. The molecule has 0 aliphatic carbocycles. The molecule has 1 saturated heterocycles. The largest absolute Gasteiger partial charge is 0.384 e. The molecule has 1 aliphatic rings. The molecule has 0 atom stereocenters. The average molecular weight is 265 g/mol. The van der Waals surface area contributed by atoms with Crippen molar-refractivity contribution in [1.29, 1.82) is 0 Å². The highest BCUT2D eigenvalue weighted by Crippen LogP contribution is 2.17. The number of pyridine rings is 1. The van der Waals surface area contributed by atoms with E-state index in [1.807, 2.05) is 24.8 Å². The second-order valence-electron chi connectivity index (χ2n) is 4.49. The second kappa shape index (κ2) is 6.09. The first kappa shape index (κ1) is 13.2. The number of nitrogen functional groups attached to an aromatic ring is 1. The van der Waals surface area contributed by atoms with Crippen LogP contribution in [0.15, 0.2) is 12.1 Å². The number of carbonyl (C=O) groups is 1. The van der Waals surface area contributed by atoms with Crippen LogP contribution in [0.25, 0.3) is 0 Å². The van der Waals surface area contributed by atoms with Gasteiger partial charge in [0.2, 0.25) is 0 Å². The molecule has 1 aromatic heterocycles. The van der Waals surface area contributed by atoms with Crippen molar-refractivity contribution in [2.75, 3.05) is 17.2 Å². The number of anilines is 1. The Kier molecular flexibility index (Phi) is 4.47. The fourth-order valence-corrected chi connectivity index (χ4v) is 3.14. The maximum atomic E-state index is 12.1. The highest BCUT2D eigenvalue weighted by atomic mass is 32.2. The van der Waals surface area contributed by atoms with Gasteiger partial charge in [0.15, 0.2) is 0 Å². The van der Waals surface area contributed by atoms with Crippen molar-refractivity contribution in [2.45, 2.75) is 32.2 Å². The lowest BCUT2D eigenvalue weighted by molar-refractivity contribution is 0.0934. The van der Waals surface area contributed by atoms with E-state index in [0.717, 1.165) is 36.5 Å². The van der Waals surface area contributed by atoms with Gasteiger partial charge in [-0.15, -0.1) is 0 Å². The number of nitrogens with zero attached hydrogens (tertiary/aromatic N) is 1. The molecule has 1 fully saturated rings. The van der Waals surface area contributed by atoms with Crippen molar-refractivity contribution in [3.05, 3.63) is 23.4 Å². The van der Waals surface area contributed by atoms with Gasteiger partial charge in [-0.05, 0) is 42.9 Å². The molecular weight excluding hydrogens is 246 g/mol. The van der Waals surface area contributed by atoms with Gasteiger partial charge in [-0.3, -0.25) is 4.79 Å². The molecule has 0 unspecified atom stereocenters. The number of amides is 1. The Morgan fingerprint density at radius 2 is 2.22 bits per heavy atom. The zero-order valence-corrected chi connectivity index (χ0v) is 11.4. The second-order valence-corrected chi connectivity index (χ2v) is 5.71. The Balaban J connectivity index is 2.05. The highest BCUT2D eigenvalue weighted by molar-refractivity contribution is 7.99. The Labute approximate surface area is 112 Å². The molecule has 98 valence electrons. The quantitative estimate of drug-likeness (QED) is 0.875. The van der Waals surface area contributed by atoms with Crippen molar-refractivity contribution in [2.24, 2.45) is 0 Å². The van der Waals surface area contributed by atoms with E-state index in [0.29, 0.717) is 17.4 Å². The van der Waals surface area contributed by atoms with Gasteiger partial charge < -0.3 is 11.1 Å². The topological polar surface area (TPSA) is 68.0 Å². The number of aromatic nitrogens is 1. The van der Waals surface area contributed by atoms with Crippen LogP contribution in [0, 0.1) is 0 Å². The van der Waals surface area contributed by atoms with Crippen LogP contribution in [-0.4, -0.2) is 28.4 Å². The molecule has 3 N–H and O–H groups in total. The molecule has 0 saturated carbocycles. The highest BCUT2D eigenvalue weighted by Gasteiger charge is 2.17. The molecule has 5 heteroatoms. The molecule has 0 aromatic carbocycles. The summed E-state index contributed by atoms with van der Waals surface area (Å²) in [6.45, 7) is 2.00. The number of hydrogen-bond donors (Lipinski definition) is 2. The molecule has 0 bridgehead atoms. The zero-order chi connectivity index (χ0) is 13.0. The van der Waals surface area contributed by atoms with Gasteiger partial charge in [-0.25, -0.2) is 4.98 Å². The summed E-state index contributed by atoms with van der Waals surface area (Å²) < 4.78 is 0. The lowest BCUT2D eigenvalue weighted by Gasteiger charge is -2.22. The fourth-order valence-electron chi connectivity index (χ4n) is 2.03. The monoisotopic (exact) mass is 265 g/mol. The maximum Gasteiger partial charge on any atom is 0.251 e. The van der Waals surface area contributed by atoms with Crippen molar-refractivity contribution in [3.8, 4) is 0 Å². The Morgan fingerprint density at radius 3 is 2.89 bits per heavy atom. The first-order chi connectivity index (χ1) is 8.69. The molecule has 1 amide bonds. The summed E-state index contributed by atoms with van der Waals surface area (Å²) in [5.41, 5.74) is 7.19. The summed E-state index contributed by atoms with van der Waals surface area (Å²) in [6, 6.07) is 3.77. The minimum atomic E-state index is -0.0318. The molecule has 18 heavy (non-hydrogen) atoms. The van der Waals surface area contributed by atoms with Crippen molar-refractivity contribution in [1.82, 2.24) is 10.3 Å². The normalized spacial score (nSPS) is 16.5. The van der Waals surface area contributed by atoms with Crippen LogP contribution in [0.2, 0.25) is 0 Å². The maximum absolute atomic E-state index is 12.1. The van der Waals surface area contributed by atoms with Crippen molar-refractivity contribution < 1.29 is 4.79 Å². The standard InChI is InChI=1S/C13H19N3OS/c1-2-10-7-9(8-12(14)15-10)13(17)16-11-3-5-18-6-4-11/h7-8,11H,2-6H2,1H3,(H2,14,15)(H,16,17). The van der Waals surface area contributed by atoms with Crippen LogP contribution in [0.1, 0.15) is 35.8 Å². The lowest BCUT2D eigenvalue weighted by Crippen LogP contribution is -2.37. The minimum absolute atomic E-state index is 0.0318. The number of nitrogens with one attached hydrogen (secondary N) is 1. The third kappa shape index (κ3) is 3.38. The van der Waals surface area contributed by atoms with Crippen molar-refractivity contribution >= 4 is 23.5 Å². The SMILES string of the molecule is CCc1cc(C(=O)NC2CCSCC2)cc(N)n1. The summed E-state index contributed by atoms with van der Waals surface area (Å²) in [7, 11) is 0. The fraction of sp³-hybridized carbons (Fsp3) is 0.538. The molecular formula is C13H19N3OS. The summed E-state index contributed by atoms with van der Waals surface area (Å²) in [5, 5.41) is 3.08. The van der Waals surface area contributed by atoms with E-state index < -0.39 is 0 Å². The molecule has 1 aromatic rings. The van der Waals surface area contributed by atoms with Crippen LogP contribution < -0.4 is 11.1 Å². The number of rotatable bonds is 3. The van der Waals surface area contributed by atoms with Gasteiger partial charge in [0.1, 0.15) is 5.82 Å². The predicted molar refractivity (Wildman–Crippen MR) is 75.8 cm³/mol. The first-order valence-corrected chi connectivity index (χ1v) is 7.49. The van der Waals surface area contributed by atoms with E-state index in [4.69, 9.17) is 5.73 Å². The Hall–Kier alpha value is -1.23. The Bertz CT molecular complexity index is 430. The van der Waals surface area contributed by atoms with E-state index in [1.54, 1.807) is 6.07 Å². The van der Waals surface area contributed by atoms with E-state index in [-0.39, 0.29) is 5.91 Å². The van der Waals surface area contributed by atoms with Crippen LogP contribution in [-0.2, 0) is 6.42 Å².